The lowest BCUT2D eigenvalue weighted by molar-refractivity contribution is -0.425. The topological polar surface area (TPSA) is 61.0 Å². The van der Waals surface area contributed by atoms with Gasteiger partial charge in [0.2, 0.25) is 0 Å². The summed E-state index contributed by atoms with van der Waals surface area (Å²) >= 11 is 0. The molecule has 0 saturated heterocycles. The van der Waals surface area contributed by atoms with Crippen molar-refractivity contribution < 1.29 is 4.92 Å². The Hall–Kier alpha value is -2.43. The van der Waals surface area contributed by atoms with Crippen LogP contribution in [0.1, 0.15) is 11.1 Å². The van der Waals surface area contributed by atoms with Crippen LogP contribution in [0.3, 0.4) is 0 Å². The van der Waals surface area contributed by atoms with E-state index in [4.69, 9.17) is 0 Å². The normalized spacial score (nSPS) is 11.5. The molecule has 0 N–H and O–H groups in total. The van der Waals surface area contributed by atoms with E-state index in [2.05, 4.69) is 5.10 Å². The third-order valence-corrected chi connectivity index (χ3v) is 2.52. The molecule has 92 valence electrons. The van der Waals surface area contributed by atoms with Gasteiger partial charge in [-0.05, 0) is 5.56 Å². The number of aromatic nitrogens is 2. The van der Waals surface area contributed by atoms with Gasteiger partial charge in [-0.25, -0.2) is 0 Å². The van der Waals surface area contributed by atoms with Gasteiger partial charge in [0.25, 0.3) is 5.70 Å². The first-order chi connectivity index (χ1) is 8.65. The summed E-state index contributed by atoms with van der Waals surface area (Å²) in [7, 11) is 1.78. The zero-order chi connectivity index (χ0) is 13.0. The van der Waals surface area contributed by atoms with Gasteiger partial charge >= 0.3 is 0 Å². The number of nitro groups is 1. The molecule has 0 aliphatic rings. The molecule has 1 aromatic heterocycles. The molecule has 5 nitrogen and oxygen atoms in total. The van der Waals surface area contributed by atoms with Gasteiger partial charge < -0.3 is 0 Å². The highest BCUT2D eigenvalue weighted by Gasteiger charge is 2.12. The minimum absolute atomic E-state index is 0.161. The van der Waals surface area contributed by atoms with Crippen molar-refractivity contribution >= 4 is 6.08 Å². The maximum atomic E-state index is 11.0. The standard InChI is InChI=1S/C13H13N3O2/c1-15-10-12(9-14-15)8-13(16(17)18)7-11-5-3-2-4-6-11/h2-6,8-10H,7H2,1H3. The number of allylic oxidation sites excluding steroid dienone is 1. The van der Waals surface area contributed by atoms with Crippen LogP contribution < -0.4 is 0 Å². The lowest BCUT2D eigenvalue weighted by atomic mass is 10.1. The molecule has 2 aromatic rings. The van der Waals surface area contributed by atoms with E-state index in [-0.39, 0.29) is 10.6 Å². The Kier molecular flexibility index (Phi) is 3.52. The smallest absolute Gasteiger partial charge is 0.251 e. The summed E-state index contributed by atoms with van der Waals surface area (Å²) < 4.78 is 1.62. The van der Waals surface area contributed by atoms with Crippen LogP contribution in [0.4, 0.5) is 0 Å². The molecule has 18 heavy (non-hydrogen) atoms. The Labute approximate surface area is 105 Å². The molecule has 2 rings (SSSR count). The Bertz CT molecular complexity index is 573. The summed E-state index contributed by atoms with van der Waals surface area (Å²) in [4.78, 5) is 10.7. The second-order valence-corrected chi connectivity index (χ2v) is 4.00. The van der Waals surface area contributed by atoms with Gasteiger partial charge in [-0.15, -0.1) is 0 Å². The van der Waals surface area contributed by atoms with Crippen LogP contribution in [-0.2, 0) is 13.5 Å². The van der Waals surface area contributed by atoms with Gasteiger partial charge in [-0.2, -0.15) is 5.10 Å². The zero-order valence-corrected chi connectivity index (χ0v) is 9.98. The Morgan fingerprint density at radius 1 is 1.44 bits per heavy atom. The maximum absolute atomic E-state index is 11.0. The molecular formula is C13H13N3O2. The summed E-state index contributed by atoms with van der Waals surface area (Å²) in [5.74, 6) is 0. The summed E-state index contributed by atoms with van der Waals surface area (Å²) in [6.07, 6.45) is 5.21. The summed E-state index contributed by atoms with van der Waals surface area (Å²) in [6.45, 7) is 0. The van der Waals surface area contributed by atoms with Gasteiger partial charge in [0, 0.05) is 24.9 Å². The number of rotatable bonds is 4. The van der Waals surface area contributed by atoms with Gasteiger partial charge in [0.15, 0.2) is 0 Å². The van der Waals surface area contributed by atoms with Crippen molar-refractivity contribution in [3.63, 3.8) is 0 Å². The van der Waals surface area contributed by atoms with Crippen molar-refractivity contribution in [3.8, 4) is 0 Å². The van der Waals surface area contributed by atoms with E-state index < -0.39 is 0 Å². The fourth-order valence-electron chi connectivity index (χ4n) is 1.68. The molecule has 0 spiro atoms. The largest absolute Gasteiger partial charge is 0.275 e. The molecule has 0 aliphatic carbocycles. The summed E-state index contributed by atoms with van der Waals surface area (Å²) in [5.41, 5.74) is 1.82. The average Bonchev–Trinajstić information content (AvgIpc) is 2.75. The highest BCUT2D eigenvalue weighted by atomic mass is 16.6. The van der Waals surface area contributed by atoms with Crippen LogP contribution in [0, 0.1) is 10.1 Å². The fourth-order valence-corrected chi connectivity index (χ4v) is 1.68. The Morgan fingerprint density at radius 3 is 2.72 bits per heavy atom. The summed E-state index contributed by atoms with van der Waals surface area (Å²) in [6, 6.07) is 9.38. The summed E-state index contributed by atoms with van der Waals surface area (Å²) in [5, 5.41) is 15.0. The quantitative estimate of drug-likeness (QED) is 0.611. The van der Waals surface area contributed by atoms with Crippen molar-refractivity contribution in [3.05, 3.63) is 69.7 Å². The van der Waals surface area contributed by atoms with Crippen molar-refractivity contribution in [2.24, 2.45) is 7.05 Å². The van der Waals surface area contributed by atoms with E-state index in [1.165, 1.54) is 0 Å². The maximum Gasteiger partial charge on any atom is 0.251 e. The first kappa shape index (κ1) is 12.0. The molecule has 0 atom stereocenters. The SMILES string of the molecule is Cn1cc(C=C(Cc2ccccc2)[N+](=O)[O-])cn1. The van der Waals surface area contributed by atoms with Crippen LogP contribution in [0.15, 0.2) is 48.4 Å². The lowest BCUT2D eigenvalue weighted by Crippen LogP contribution is -2.02. The predicted octanol–water partition coefficient (Wildman–Crippen LogP) is 2.28. The average molecular weight is 243 g/mol. The highest BCUT2D eigenvalue weighted by Crippen LogP contribution is 2.12. The molecular weight excluding hydrogens is 230 g/mol. The molecule has 1 aromatic carbocycles. The number of aryl methyl sites for hydroxylation is 1. The third-order valence-electron chi connectivity index (χ3n) is 2.52. The molecule has 0 radical (unpaired) electrons. The second-order valence-electron chi connectivity index (χ2n) is 4.00. The minimum Gasteiger partial charge on any atom is -0.275 e. The van der Waals surface area contributed by atoms with Crippen molar-refractivity contribution in [2.45, 2.75) is 6.42 Å². The number of nitrogens with zero attached hydrogens (tertiary/aromatic N) is 3. The Morgan fingerprint density at radius 2 is 2.17 bits per heavy atom. The van der Waals surface area contributed by atoms with E-state index in [1.54, 1.807) is 30.2 Å². The third kappa shape index (κ3) is 3.04. The van der Waals surface area contributed by atoms with Crippen LogP contribution >= 0.6 is 0 Å². The minimum atomic E-state index is -0.347. The van der Waals surface area contributed by atoms with E-state index in [0.29, 0.717) is 6.42 Å². The van der Waals surface area contributed by atoms with Crippen LogP contribution in [0.25, 0.3) is 6.08 Å². The van der Waals surface area contributed by atoms with Gasteiger partial charge in [-0.1, -0.05) is 30.3 Å². The molecule has 0 fully saturated rings. The van der Waals surface area contributed by atoms with Crippen LogP contribution in [-0.4, -0.2) is 14.7 Å². The molecule has 0 unspecified atom stereocenters. The molecule has 0 aliphatic heterocycles. The van der Waals surface area contributed by atoms with Gasteiger partial charge in [0.1, 0.15) is 0 Å². The predicted molar refractivity (Wildman–Crippen MR) is 68.3 cm³/mol. The van der Waals surface area contributed by atoms with Crippen molar-refractivity contribution in [1.82, 2.24) is 9.78 Å². The number of benzene rings is 1. The highest BCUT2D eigenvalue weighted by molar-refractivity contribution is 5.49. The zero-order valence-electron chi connectivity index (χ0n) is 9.98. The molecule has 1 heterocycles. The van der Waals surface area contributed by atoms with E-state index in [9.17, 15) is 10.1 Å². The van der Waals surface area contributed by atoms with Crippen LogP contribution in [0.2, 0.25) is 0 Å². The van der Waals surface area contributed by atoms with Crippen molar-refractivity contribution in [2.75, 3.05) is 0 Å². The van der Waals surface area contributed by atoms with Gasteiger partial charge in [0.05, 0.1) is 17.5 Å². The Balaban J connectivity index is 2.24. The molecule has 0 bridgehead atoms. The van der Waals surface area contributed by atoms with Gasteiger partial charge in [-0.3, -0.25) is 14.8 Å². The van der Waals surface area contributed by atoms with E-state index >= 15 is 0 Å². The van der Waals surface area contributed by atoms with E-state index in [1.807, 2.05) is 30.3 Å². The monoisotopic (exact) mass is 243 g/mol. The van der Waals surface area contributed by atoms with Crippen molar-refractivity contribution in [1.29, 1.82) is 0 Å². The molecule has 0 saturated carbocycles. The fraction of sp³-hybridized carbons (Fsp3) is 0.154. The molecule has 5 heteroatoms. The first-order valence-electron chi connectivity index (χ1n) is 5.52. The first-order valence-corrected chi connectivity index (χ1v) is 5.52. The van der Waals surface area contributed by atoms with Crippen LogP contribution in [0.5, 0.6) is 0 Å². The number of hydrogen-bond acceptors (Lipinski definition) is 3. The van der Waals surface area contributed by atoms with E-state index in [0.717, 1.165) is 11.1 Å². The lowest BCUT2D eigenvalue weighted by Gasteiger charge is -1.98. The molecule has 0 amide bonds. The second kappa shape index (κ2) is 5.27. The number of hydrogen-bond donors (Lipinski definition) is 0.